The molecule has 2 aliphatic heterocycles. The molecule has 3 aromatic rings. The van der Waals surface area contributed by atoms with Crippen LogP contribution in [0.1, 0.15) is 34.4 Å². The Kier molecular flexibility index (Phi) is 6.37. The van der Waals surface area contributed by atoms with Gasteiger partial charge in [-0.25, -0.2) is 4.98 Å². The van der Waals surface area contributed by atoms with E-state index >= 15 is 0 Å². The van der Waals surface area contributed by atoms with Crippen LogP contribution in [0.4, 0.5) is 0 Å². The molecule has 184 valence electrons. The normalized spacial score (nSPS) is 24.9. The Hall–Kier alpha value is -4.27. The third kappa shape index (κ3) is 4.00. The molecule has 0 N–H and O–H groups in total. The third-order valence-electron chi connectivity index (χ3n) is 7.25. The van der Waals surface area contributed by atoms with Gasteiger partial charge in [0, 0.05) is 30.8 Å². The molecule has 2 aromatic heterocycles. The van der Waals surface area contributed by atoms with Crippen LogP contribution in [0, 0.1) is 49.5 Å². The summed E-state index contributed by atoms with van der Waals surface area (Å²) in [6, 6.07) is 17.6. The minimum absolute atomic E-state index is 0.211. The number of hydrogen-bond donors (Lipinski definition) is 0. The van der Waals surface area contributed by atoms with Gasteiger partial charge < -0.3 is 4.42 Å². The van der Waals surface area contributed by atoms with Crippen LogP contribution in [0.15, 0.2) is 65.4 Å². The minimum Gasteiger partial charge on any atom is -0.469 e. The summed E-state index contributed by atoms with van der Waals surface area (Å²) < 4.78 is 5.64. The molecular weight excluding hydrogens is 494 g/mol. The van der Waals surface area contributed by atoms with Crippen molar-refractivity contribution < 1.29 is 9.34 Å². The Morgan fingerprint density at radius 3 is 2.46 bits per heavy atom. The van der Waals surface area contributed by atoms with E-state index in [1.807, 2.05) is 15.9 Å². The number of nitriles is 3. The first-order chi connectivity index (χ1) is 17.9. The summed E-state index contributed by atoms with van der Waals surface area (Å²) in [5.74, 6) is -0.943. The summed E-state index contributed by atoms with van der Waals surface area (Å²) in [5, 5.41) is 43.4. The van der Waals surface area contributed by atoms with Crippen LogP contribution in [0.2, 0.25) is 5.15 Å². The standard InChI is InChI=1S/C26H20ClN7O3/c27-21-8-5-18(13-31-21)14-32-9-10-33-24(19-6-3-17(12-28)4-7-19)26(15-29,16-30)22(20-2-1-11-37-20)23(25(32)33)34(35)36/h1-8,11,13,22-25H,9-10,14H2. The van der Waals surface area contributed by atoms with Crippen molar-refractivity contribution in [2.45, 2.75) is 30.7 Å². The van der Waals surface area contributed by atoms with E-state index in [2.05, 4.69) is 23.2 Å². The zero-order valence-corrected chi connectivity index (χ0v) is 20.2. The highest BCUT2D eigenvalue weighted by atomic mass is 35.5. The Balaban J connectivity index is 1.69. The van der Waals surface area contributed by atoms with Crippen LogP contribution in [-0.2, 0) is 6.54 Å². The first kappa shape index (κ1) is 24.4. The highest BCUT2D eigenvalue weighted by molar-refractivity contribution is 6.29. The monoisotopic (exact) mass is 513 g/mol. The van der Waals surface area contributed by atoms with Gasteiger partial charge in [0.05, 0.1) is 36.1 Å². The number of furan rings is 1. The first-order valence-electron chi connectivity index (χ1n) is 11.5. The van der Waals surface area contributed by atoms with Crippen molar-refractivity contribution in [3.63, 3.8) is 0 Å². The fourth-order valence-corrected chi connectivity index (χ4v) is 5.88. The summed E-state index contributed by atoms with van der Waals surface area (Å²) >= 11 is 5.94. The Morgan fingerprint density at radius 1 is 1.14 bits per heavy atom. The van der Waals surface area contributed by atoms with E-state index in [1.165, 1.54) is 6.26 Å². The fraction of sp³-hybridized carbons (Fsp3) is 0.308. The van der Waals surface area contributed by atoms with Gasteiger partial charge in [0.2, 0.25) is 0 Å². The smallest absolute Gasteiger partial charge is 0.254 e. The molecule has 0 saturated carbocycles. The Labute approximate surface area is 217 Å². The Morgan fingerprint density at radius 2 is 1.89 bits per heavy atom. The van der Waals surface area contributed by atoms with E-state index in [9.17, 15) is 25.9 Å². The number of aromatic nitrogens is 1. The van der Waals surface area contributed by atoms with E-state index < -0.39 is 34.5 Å². The molecule has 2 saturated heterocycles. The van der Waals surface area contributed by atoms with Crippen molar-refractivity contribution >= 4 is 11.6 Å². The van der Waals surface area contributed by atoms with Gasteiger partial charge in [-0.2, -0.15) is 15.8 Å². The predicted octanol–water partition coefficient (Wildman–Crippen LogP) is 3.86. The molecule has 0 amide bonds. The second kappa shape index (κ2) is 9.65. The van der Waals surface area contributed by atoms with Crippen molar-refractivity contribution in [1.82, 2.24) is 14.8 Å². The van der Waals surface area contributed by atoms with Crippen LogP contribution in [0.3, 0.4) is 0 Å². The van der Waals surface area contributed by atoms with Gasteiger partial charge in [0.25, 0.3) is 6.04 Å². The molecule has 1 aromatic carbocycles. The number of hydrogen-bond acceptors (Lipinski definition) is 9. The van der Waals surface area contributed by atoms with Gasteiger partial charge in [-0.1, -0.05) is 29.8 Å². The number of nitrogens with zero attached hydrogens (tertiary/aromatic N) is 7. The largest absolute Gasteiger partial charge is 0.469 e. The van der Waals surface area contributed by atoms with Crippen molar-refractivity contribution in [3.05, 3.63) is 98.7 Å². The lowest BCUT2D eigenvalue weighted by Gasteiger charge is -2.50. The lowest BCUT2D eigenvalue weighted by atomic mass is 9.62. The van der Waals surface area contributed by atoms with Crippen molar-refractivity contribution in [2.75, 3.05) is 13.1 Å². The molecule has 2 aliphatic rings. The van der Waals surface area contributed by atoms with Gasteiger partial charge >= 0.3 is 0 Å². The van der Waals surface area contributed by atoms with Crippen LogP contribution in [0.25, 0.3) is 0 Å². The van der Waals surface area contributed by atoms with Gasteiger partial charge in [0.1, 0.15) is 23.0 Å². The number of rotatable bonds is 5. The molecule has 2 fully saturated rings. The molecular formula is C26H20ClN7O3. The van der Waals surface area contributed by atoms with E-state index in [0.29, 0.717) is 35.9 Å². The maximum atomic E-state index is 12.7. The number of piperidine rings is 1. The summed E-state index contributed by atoms with van der Waals surface area (Å²) in [6.45, 7) is 1.24. The molecule has 10 nitrogen and oxygen atoms in total. The molecule has 0 bridgehead atoms. The second-order valence-electron chi connectivity index (χ2n) is 9.11. The predicted molar refractivity (Wildman–Crippen MR) is 130 cm³/mol. The number of benzene rings is 1. The Bertz CT molecular complexity index is 1410. The third-order valence-corrected chi connectivity index (χ3v) is 7.48. The zero-order valence-electron chi connectivity index (χ0n) is 19.4. The fourth-order valence-electron chi connectivity index (χ4n) is 5.76. The molecule has 0 radical (unpaired) electrons. The molecule has 0 aliphatic carbocycles. The minimum atomic E-state index is -1.84. The molecule has 0 spiro atoms. The molecule has 37 heavy (non-hydrogen) atoms. The number of nitro groups is 1. The topological polar surface area (TPSA) is 147 Å². The zero-order chi connectivity index (χ0) is 26.2. The lowest BCUT2D eigenvalue weighted by Crippen LogP contribution is -2.64. The van der Waals surface area contributed by atoms with Crippen molar-refractivity contribution in [2.24, 2.45) is 5.41 Å². The average molecular weight is 514 g/mol. The molecule has 5 rings (SSSR count). The van der Waals surface area contributed by atoms with E-state index in [-0.39, 0.29) is 5.76 Å². The second-order valence-corrected chi connectivity index (χ2v) is 9.50. The summed E-state index contributed by atoms with van der Waals surface area (Å²) in [4.78, 5) is 20.3. The average Bonchev–Trinajstić information content (AvgIpc) is 3.59. The van der Waals surface area contributed by atoms with Gasteiger partial charge in [-0.15, -0.1) is 0 Å². The summed E-state index contributed by atoms with van der Waals surface area (Å²) in [7, 11) is 0. The highest BCUT2D eigenvalue weighted by Crippen LogP contribution is 2.57. The van der Waals surface area contributed by atoms with Crippen LogP contribution in [-0.4, -0.2) is 45.0 Å². The SMILES string of the molecule is N#Cc1ccc(C2N3CCN(Cc4ccc(Cl)nc4)C3C([N+](=O)[O-])C(c3ccco3)C2(C#N)C#N)cc1. The molecule has 11 heteroatoms. The van der Waals surface area contributed by atoms with Crippen LogP contribution in [0.5, 0.6) is 0 Å². The van der Waals surface area contributed by atoms with Crippen molar-refractivity contribution in [1.29, 1.82) is 15.8 Å². The maximum Gasteiger partial charge on any atom is 0.254 e. The maximum absolute atomic E-state index is 12.7. The quantitative estimate of drug-likeness (QED) is 0.281. The van der Waals surface area contributed by atoms with E-state index in [1.54, 1.807) is 48.7 Å². The number of halogens is 1. The summed E-state index contributed by atoms with van der Waals surface area (Å²) in [5.41, 5.74) is 0.0494. The van der Waals surface area contributed by atoms with Crippen molar-refractivity contribution in [3.8, 4) is 18.2 Å². The summed E-state index contributed by atoms with van der Waals surface area (Å²) in [6.07, 6.45) is 2.28. The van der Waals surface area contributed by atoms with E-state index in [0.717, 1.165) is 5.56 Å². The molecule has 4 atom stereocenters. The van der Waals surface area contributed by atoms with Crippen LogP contribution >= 0.6 is 11.6 Å². The molecule has 4 unspecified atom stereocenters. The van der Waals surface area contributed by atoms with Crippen LogP contribution < -0.4 is 0 Å². The first-order valence-corrected chi connectivity index (χ1v) is 11.9. The van der Waals surface area contributed by atoms with E-state index in [4.69, 9.17) is 16.0 Å². The molecule has 4 heterocycles. The number of fused-ring (bicyclic) bond motifs is 1. The highest BCUT2D eigenvalue weighted by Gasteiger charge is 2.68. The lowest BCUT2D eigenvalue weighted by molar-refractivity contribution is -0.547. The van der Waals surface area contributed by atoms with Gasteiger partial charge in [-0.05, 0) is 41.5 Å². The van der Waals surface area contributed by atoms with Gasteiger partial charge in [-0.3, -0.25) is 19.9 Å². The van der Waals surface area contributed by atoms with Gasteiger partial charge in [0.15, 0.2) is 5.41 Å². The number of pyridine rings is 1.